The van der Waals surface area contributed by atoms with Gasteiger partial charge in [-0.2, -0.15) is 0 Å². The van der Waals surface area contributed by atoms with Crippen LogP contribution in [0.3, 0.4) is 0 Å². The van der Waals surface area contributed by atoms with Crippen LogP contribution in [0.2, 0.25) is 0 Å². The SMILES string of the molecule is COC(=O)c1ccc(N2CCN(CC(=O)Nc3nc4ccc(OC)cc4s3)CC2)cc1. The average molecular weight is 441 g/mol. The first-order valence-electron chi connectivity index (χ1n) is 9.96. The van der Waals surface area contributed by atoms with Crippen LogP contribution in [-0.2, 0) is 9.53 Å². The van der Waals surface area contributed by atoms with E-state index in [1.807, 2.05) is 30.3 Å². The van der Waals surface area contributed by atoms with Crippen molar-refractivity contribution in [2.75, 3.05) is 57.2 Å². The number of carbonyl (C=O) groups excluding carboxylic acids is 2. The molecule has 8 nitrogen and oxygen atoms in total. The predicted octanol–water partition coefficient (Wildman–Crippen LogP) is 2.85. The maximum atomic E-state index is 12.5. The van der Waals surface area contributed by atoms with Crippen LogP contribution < -0.4 is 15.0 Å². The Bertz CT molecular complexity index is 1070. The van der Waals surface area contributed by atoms with Gasteiger partial charge in [-0.05, 0) is 42.5 Å². The molecule has 31 heavy (non-hydrogen) atoms. The Morgan fingerprint density at radius 2 is 1.81 bits per heavy atom. The van der Waals surface area contributed by atoms with Gasteiger partial charge < -0.3 is 19.7 Å². The lowest BCUT2D eigenvalue weighted by Gasteiger charge is -2.35. The summed E-state index contributed by atoms with van der Waals surface area (Å²) in [6.45, 7) is 3.51. The molecular formula is C22H24N4O4S. The van der Waals surface area contributed by atoms with E-state index in [0.29, 0.717) is 17.2 Å². The molecule has 0 atom stereocenters. The third kappa shape index (κ3) is 4.95. The van der Waals surface area contributed by atoms with E-state index in [4.69, 9.17) is 9.47 Å². The highest BCUT2D eigenvalue weighted by molar-refractivity contribution is 7.22. The number of piperazine rings is 1. The van der Waals surface area contributed by atoms with Crippen LogP contribution in [0.15, 0.2) is 42.5 Å². The lowest BCUT2D eigenvalue weighted by atomic mass is 10.2. The quantitative estimate of drug-likeness (QED) is 0.590. The molecule has 2 aromatic carbocycles. The summed E-state index contributed by atoms with van der Waals surface area (Å²) in [5.41, 5.74) is 2.43. The third-order valence-corrected chi connectivity index (χ3v) is 6.17. The first kappa shape index (κ1) is 21.1. The van der Waals surface area contributed by atoms with Crippen LogP contribution in [0, 0.1) is 0 Å². The Labute approximate surface area is 184 Å². The number of aromatic nitrogens is 1. The number of methoxy groups -OCH3 is 2. The van der Waals surface area contributed by atoms with Crippen LogP contribution in [0.1, 0.15) is 10.4 Å². The predicted molar refractivity (Wildman–Crippen MR) is 121 cm³/mol. The van der Waals surface area contributed by atoms with Crippen molar-refractivity contribution in [1.29, 1.82) is 0 Å². The second-order valence-corrected chi connectivity index (χ2v) is 8.23. The molecule has 0 unspecified atom stereocenters. The molecule has 0 bridgehead atoms. The Balaban J connectivity index is 1.28. The fraction of sp³-hybridized carbons (Fsp3) is 0.318. The van der Waals surface area contributed by atoms with Gasteiger partial charge in [-0.15, -0.1) is 0 Å². The molecule has 4 rings (SSSR count). The molecule has 0 saturated carbocycles. The highest BCUT2D eigenvalue weighted by atomic mass is 32.1. The number of anilines is 2. The minimum atomic E-state index is -0.338. The van der Waals surface area contributed by atoms with Crippen molar-refractivity contribution in [3.8, 4) is 5.75 Å². The number of esters is 1. The van der Waals surface area contributed by atoms with Crippen LogP contribution in [0.5, 0.6) is 5.75 Å². The summed E-state index contributed by atoms with van der Waals surface area (Å²) in [5.74, 6) is 0.364. The molecule has 1 N–H and O–H groups in total. The van der Waals surface area contributed by atoms with Gasteiger partial charge in [0.25, 0.3) is 0 Å². The summed E-state index contributed by atoms with van der Waals surface area (Å²) in [6.07, 6.45) is 0. The van der Waals surface area contributed by atoms with Crippen molar-refractivity contribution in [2.45, 2.75) is 0 Å². The van der Waals surface area contributed by atoms with E-state index in [1.54, 1.807) is 19.2 Å². The zero-order valence-electron chi connectivity index (χ0n) is 17.5. The first-order valence-corrected chi connectivity index (χ1v) is 10.8. The normalized spacial score (nSPS) is 14.5. The topological polar surface area (TPSA) is 84.0 Å². The summed E-state index contributed by atoms with van der Waals surface area (Å²) >= 11 is 1.44. The number of hydrogen-bond donors (Lipinski definition) is 1. The summed E-state index contributed by atoms with van der Waals surface area (Å²) in [4.78, 5) is 32.9. The molecular weight excluding hydrogens is 416 g/mol. The second kappa shape index (κ2) is 9.32. The summed E-state index contributed by atoms with van der Waals surface area (Å²) < 4.78 is 10.9. The molecule has 1 aliphatic rings. The number of nitrogens with zero attached hydrogens (tertiary/aromatic N) is 3. The lowest BCUT2D eigenvalue weighted by molar-refractivity contribution is -0.117. The van der Waals surface area contributed by atoms with Crippen molar-refractivity contribution in [3.63, 3.8) is 0 Å². The molecule has 162 valence electrons. The fourth-order valence-electron chi connectivity index (χ4n) is 3.54. The van der Waals surface area contributed by atoms with Crippen LogP contribution >= 0.6 is 11.3 Å². The number of hydrogen-bond acceptors (Lipinski definition) is 8. The van der Waals surface area contributed by atoms with Crippen molar-refractivity contribution < 1.29 is 19.1 Å². The summed E-state index contributed by atoms with van der Waals surface area (Å²) in [5, 5.41) is 3.50. The molecule has 0 spiro atoms. The van der Waals surface area contributed by atoms with Gasteiger partial charge in [-0.3, -0.25) is 9.69 Å². The van der Waals surface area contributed by atoms with Gasteiger partial charge in [0.05, 0.1) is 36.5 Å². The zero-order chi connectivity index (χ0) is 21.8. The van der Waals surface area contributed by atoms with Gasteiger partial charge >= 0.3 is 5.97 Å². The Morgan fingerprint density at radius 3 is 2.48 bits per heavy atom. The van der Waals surface area contributed by atoms with Crippen molar-refractivity contribution >= 4 is 44.2 Å². The third-order valence-electron chi connectivity index (χ3n) is 5.24. The van der Waals surface area contributed by atoms with E-state index in [9.17, 15) is 9.59 Å². The van der Waals surface area contributed by atoms with Crippen molar-refractivity contribution in [3.05, 3.63) is 48.0 Å². The van der Waals surface area contributed by atoms with Crippen LogP contribution in [0.4, 0.5) is 10.8 Å². The Kier molecular flexibility index (Phi) is 6.34. The van der Waals surface area contributed by atoms with E-state index in [-0.39, 0.29) is 11.9 Å². The van der Waals surface area contributed by atoms with Crippen molar-refractivity contribution in [2.24, 2.45) is 0 Å². The Morgan fingerprint density at radius 1 is 1.06 bits per heavy atom. The van der Waals surface area contributed by atoms with Gasteiger partial charge in [-0.25, -0.2) is 9.78 Å². The van der Waals surface area contributed by atoms with Crippen molar-refractivity contribution in [1.82, 2.24) is 9.88 Å². The molecule has 2 heterocycles. The average Bonchev–Trinajstić information content (AvgIpc) is 3.20. The second-order valence-electron chi connectivity index (χ2n) is 7.20. The smallest absolute Gasteiger partial charge is 0.337 e. The molecule has 1 amide bonds. The molecule has 9 heteroatoms. The summed E-state index contributed by atoms with van der Waals surface area (Å²) in [6, 6.07) is 13.1. The molecule has 1 aliphatic heterocycles. The molecule has 1 fully saturated rings. The molecule has 1 aromatic heterocycles. The maximum Gasteiger partial charge on any atom is 0.337 e. The first-order chi connectivity index (χ1) is 15.1. The van der Waals surface area contributed by atoms with E-state index >= 15 is 0 Å². The number of benzene rings is 2. The highest BCUT2D eigenvalue weighted by Crippen LogP contribution is 2.29. The number of rotatable bonds is 6. The maximum absolute atomic E-state index is 12.5. The molecule has 1 saturated heterocycles. The minimum absolute atomic E-state index is 0.0677. The lowest BCUT2D eigenvalue weighted by Crippen LogP contribution is -2.48. The van der Waals surface area contributed by atoms with Gasteiger partial charge in [-0.1, -0.05) is 11.3 Å². The standard InChI is InChI=1S/C22H24N4O4S/c1-29-17-7-8-18-19(13-17)31-22(23-18)24-20(27)14-25-9-11-26(12-10-25)16-5-3-15(4-6-16)21(28)30-2/h3-8,13H,9-12,14H2,1-2H3,(H,23,24,27). The van der Waals surface area contributed by atoms with Gasteiger partial charge in [0.15, 0.2) is 5.13 Å². The molecule has 3 aromatic rings. The van der Waals surface area contributed by atoms with E-state index in [1.165, 1.54) is 18.4 Å². The zero-order valence-corrected chi connectivity index (χ0v) is 18.3. The van der Waals surface area contributed by atoms with E-state index in [2.05, 4.69) is 20.1 Å². The number of amides is 1. The van der Waals surface area contributed by atoms with E-state index in [0.717, 1.165) is 47.8 Å². The number of ether oxygens (including phenoxy) is 2. The number of fused-ring (bicyclic) bond motifs is 1. The van der Waals surface area contributed by atoms with Gasteiger partial charge in [0, 0.05) is 31.9 Å². The number of carbonyl (C=O) groups is 2. The highest BCUT2D eigenvalue weighted by Gasteiger charge is 2.20. The van der Waals surface area contributed by atoms with Crippen LogP contribution in [0.25, 0.3) is 10.2 Å². The number of nitrogens with one attached hydrogen (secondary N) is 1. The largest absolute Gasteiger partial charge is 0.497 e. The van der Waals surface area contributed by atoms with Gasteiger partial charge in [0.2, 0.25) is 5.91 Å². The summed E-state index contributed by atoms with van der Waals surface area (Å²) in [7, 11) is 3.00. The Hall–Kier alpha value is -3.17. The fourth-order valence-corrected chi connectivity index (χ4v) is 4.45. The van der Waals surface area contributed by atoms with Gasteiger partial charge in [0.1, 0.15) is 5.75 Å². The molecule has 0 aliphatic carbocycles. The monoisotopic (exact) mass is 440 g/mol. The molecule has 0 radical (unpaired) electrons. The van der Waals surface area contributed by atoms with E-state index < -0.39 is 0 Å². The minimum Gasteiger partial charge on any atom is -0.497 e. The number of thiazole rings is 1. The van der Waals surface area contributed by atoms with Crippen LogP contribution in [-0.4, -0.2) is 68.7 Å².